The van der Waals surface area contributed by atoms with E-state index in [1.54, 1.807) is 0 Å². The third-order valence-electron chi connectivity index (χ3n) is 6.37. The second-order valence-electron chi connectivity index (χ2n) is 8.73. The second kappa shape index (κ2) is 8.23. The number of hydrogen-bond donors (Lipinski definition) is 0. The predicted octanol–water partition coefficient (Wildman–Crippen LogP) is 3.17. The van der Waals surface area contributed by atoms with E-state index >= 15 is 0 Å². The molecule has 2 fully saturated rings. The lowest BCUT2D eigenvalue weighted by Crippen LogP contribution is -2.60. The molecule has 2 aliphatic heterocycles. The number of carbonyl (C=O) groups is 2. The first kappa shape index (κ1) is 20.6. The number of ether oxygens (including phenoxy) is 1. The summed E-state index contributed by atoms with van der Waals surface area (Å²) in [7, 11) is 0. The van der Waals surface area contributed by atoms with E-state index in [0.717, 1.165) is 11.1 Å². The Balaban J connectivity index is 1.60. The van der Waals surface area contributed by atoms with Crippen LogP contribution >= 0.6 is 0 Å². The molecule has 0 aromatic heterocycles. The molecule has 2 saturated heterocycles. The predicted molar refractivity (Wildman–Crippen MR) is 116 cm³/mol. The van der Waals surface area contributed by atoms with Gasteiger partial charge in [0.1, 0.15) is 0 Å². The van der Waals surface area contributed by atoms with E-state index in [1.165, 1.54) is 5.56 Å². The molecule has 0 saturated carbocycles. The van der Waals surface area contributed by atoms with E-state index in [9.17, 15) is 9.59 Å². The van der Waals surface area contributed by atoms with Crippen molar-refractivity contribution in [1.29, 1.82) is 0 Å². The second-order valence-corrected chi connectivity index (χ2v) is 8.73. The van der Waals surface area contributed by atoms with Gasteiger partial charge in [0.25, 0.3) is 5.91 Å². The van der Waals surface area contributed by atoms with Crippen LogP contribution in [0.3, 0.4) is 0 Å². The highest BCUT2D eigenvalue weighted by Gasteiger charge is 2.58. The van der Waals surface area contributed by atoms with Gasteiger partial charge in [0.15, 0.2) is 5.60 Å². The highest BCUT2D eigenvalue weighted by molar-refractivity contribution is 5.91. The average Bonchev–Trinajstić information content (AvgIpc) is 3.02. The third kappa shape index (κ3) is 3.74. The van der Waals surface area contributed by atoms with E-state index in [4.69, 9.17) is 4.74 Å². The standard InChI is InChI=1S/C25H30N2O3/c1-18(2)27-16-22(21-7-5-4-6-8-21)25(24(27)29)17-26(13-14-30-25)23(28)15-20-11-9-19(3)10-12-20/h4-12,18,22H,13-17H2,1-3H3/t22-,25+/m1/s1. The van der Waals surface area contributed by atoms with Crippen molar-refractivity contribution >= 4 is 11.8 Å². The Morgan fingerprint density at radius 3 is 2.50 bits per heavy atom. The highest BCUT2D eigenvalue weighted by atomic mass is 16.5. The van der Waals surface area contributed by atoms with Crippen molar-refractivity contribution in [1.82, 2.24) is 9.80 Å². The van der Waals surface area contributed by atoms with Crippen LogP contribution in [0.25, 0.3) is 0 Å². The first-order valence-corrected chi connectivity index (χ1v) is 10.7. The zero-order valence-electron chi connectivity index (χ0n) is 18.0. The lowest BCUT2D eigenvalue weighted by Gasteiger charge is -2.42. The molecule has 0 N–H and O–H groups in total. The number of amides is 2. The minimum atomic E-state index is -1.01. The highest BCUT2D eigenvalue weighted by Crippen LogP contribution is 2.42. The molecule has 158 valence electrons. The Labute approximate surface area is 178 Å². The molecule has 0 radical (unpaired) electrons. The molecule has 5 nitrogen and oxygen atoms in total. The number of benzene rings is 2. The van der Waals surface area contributed by atoms with Crippen molar-refractivity contribution in [3.63, 3.8) is 0 Å². The van der Waals surface area contributed by atoms with Crippen LogP contribution in [0.2, 0.25) is 0 Å². The summed E-state index contributed by atoms with van der Waals surface area (Å²) in [6.45, 7) is 7.90. The molecule has 30 heavy (non-hydrogen) atoms. The van der Waals surface area contributed by atoms with Gasteiger partial charge in [-0.1, -0.05) is 60.2 Å². The number of hydrogen-bond acceptors (Lipinski definition) is 3. The van der Waals surface area contributed by atoms with E-state index in [0.29, 0.717) is 32.7 Å². The number of morpholine rings is 1. The first-order chi connectivity index (χ1) is 14.4. The molecule has 2 aromatic carbocycles. The van der Waals surface area contributed by atoms with Gasteiger partial charge in [-0.3, -0.25) is 9.59 Å². The zero-order chi connectivity index (χ0) is 21.3. The van der Waals surface area contributed by atoms with Crippen molar-refractivity contribution in [2.75, 3.05) is 26.2 Å². The van der Waals surface area contributed by atoms with Gasteiger partial charge in [0, 0.05) is 25.0 Å². The molecule has 1 spiro atoms. The normalized spacial score (nSPS) is 24.1. The zero-order valence-corrected chi connectivity index (χ0v) is 18.0. The van der Waals surface area contributed by atoms with Crippen LogP contribution in [0.4, 0.5) is 0 Å². The molecule has 2 atom stereocenters. The SMILES string of the molecule is Cc1ccc(CC(=O)N2CCO[C@]3(C2)C(=O)N(C(C)C)C[C@@H]3c2ccccc2)cc1. The van der Waals surface area contributed by atoms with Crippen LogP contribution < -0.4 is 0 Å². The molecule has 0 aliphatic carbocycles. The molecular formula is C25H30N2O3. The van der Waals surface area contributed by atoms with Crippen LogP contribution in [0.15, 0.2) is 54.6 Å². The Kier molecular flexibility index (Phi) is 5.65. The van der Waals surface area contributed by atoms with Crippen molar-refractivity contribution in [3.05, 3.63) is 71.3 Å². The van der Waals surface area contributed by atoms with Crippen LogP contribution in [-0.4, -0.2) is 59.5 Å². The Hall–Kier alpha value is -2.66. The van der Waals surface area contributed by atoms with Gasteiger partial charge in [-0.25, -0.2) is 0 Å². The number of nitrogens with zero attached hydrogens (tertiary/aromatic N) is 2. The molecule has 2 amide bonds. The Morgan fingerprint density at radius 1 is 1.13 bits per heavy atom. The molecule has 2 aliphatic rings. The van der Waals surface area contributed by atoms with Gasteiger partial charge in [0.05, 0.1) is 19.6 Å². The summed E-state index contributed by atoms with van der Waals surface area (Å²) in [4.78, 5) is 30.4. The Bertz CT molecular complexity index is 910. The van der Waals surface area contributed by atoms with Crippen molar-refractivity contribution in [2.45, 2.75) is 44.8 Å². The Morgan fingerprint density at radius 2 is 1.83 bits per heavy atom. The fraction of sp³-hybridized carbons (Fsp3) is 0.440. The van der Waals surface area contributed by atoms with E-state index < -0.39 is 5.60 Å². The lowest BCUT2D eigenvalue weighted by atomic mass is 9.83. The summed E-state index contributed by atoms with van der Waals surface area (Å²) in [5.74, 6) is -0.0492. The summed E-state index contributed by atoms with van der Waals surface area (Å²) in [6.07, 6.45) is 0.342. The van der Waals surface area contributed by atoms with Crippen LogP contribution in [0, 0.1) is 6.92 Å². The fourth-order valence-corrected chi connectivity index (χ4v) is 4.62. The van der Waals surface area contributed by atoms with Crippen LogP contribution in [0.1, 0.15) is 36.5 Å². The van der Waals surface area contributed by atoms with Crippen molar-refractivity contribution in [2.24, 2.45) is 0 Å². The molecule has 2 aromatic rings. The van der Waals surface area contributed by atoms with Gasteiger partial charge >= 0.3 is 0 Å². The quantitative estimate of drug-likeness (QED) is 0.784. The summed E-state index contributed by atoms with van der Waals surface area (Å²) >= 11 is 0. The van der Waals surface area contributed by atoms with Gasteiger partial charge in [-0.15, -0.1) is 0 Å². The van der Waals surface area contributed by atoms with Crippen molar-refractivity contribution < 1.29 is 14.3 Å². The summed E-state index contributed by atoms with van der Waals surface area (Å²) < 4.78 is 6.25. The molecular weight excluding hydrogens is 376 g/mol. The van der Waals surface area contributed by atoms with Crippen LogP contribution in [0.5, 0.6) is 0 Å². The minimum absolute atomic E-state index is 0.000751. The number of aryl methyl sites for hydroxylation is 1. The van der Waals surface area contributed by atoms with Crippen molar-refractivity contribution in [3.8, 4) is 0 Å². The largest absolute Gasteiger partial charge is 0.361 e. The van der Waals surface area contributed by atoms with Gasteiger partial charge < -0.3 is 14.5 Å². The van der Waals surface area contributed by atoms with E-state index in [-0.39, 0.29) is 23.8 Å². The summed E-state index contributed by atoms with van der Waals surface area (Å²) in [5, 5.41) is 0. The maximum Gasteiger partial charge on any atom is 0.257 e. The fourth-order valence-electron chi connectivity index (χ4n) is 4.62. The minimum Gasteiger partial charge on any atom is -0.361 e. The third-order valence-corrected chi connectivity index (χ3v) is 6.37. The number of carbonyl (C=O) groups excluding carboxylic acids is 2. The number of likely N-dealkylation sites (tertiary alicyclic amines) is 1. The van der Waals surface area contributed by atoms with Gasteiger partial charge in [0.2, 0.25) is 5.91 Å². The maximum absolute atomic E-state index is 13.5. The van der Waals surface area contributed by atoms with E-state index in [2.05, 4.69) is 12.1 Å². The molecule has 0 bridgehead atoms. The maximum atomic E-state index is 13.5. The van der Waals surface area contributed by atoms with E-state index in [1.807, 2.05) is 73.0 Å². The topological polar surface area (TPSA) is 49.9 Å². The lowest BCUT2D eigenvalue weighted by molar-refractivity contribution is -0.168. The monoisotopic (exact) mass is 406 g/mol. The van der Waals surface area contributed by atoms with Crippen LogP contribution in [-0.2, 0) is 20.7 Å². The average molecular weight is 407 g/mol. The summed E-state index contributed by atoms with van der Waals surface area (Å²) in [5.41, 5.74) is 2.24. The molecule has 5 heteroatoms. The smallest absolute Gasteiger partial charge is 0.257 e. The van der Waals surface area contributed by atoms with Gasteiger partial charge in [-0.05, 0) is 31.9 Å². The first-order valence-electron chi connectivity index (χ1n) is 10.7. The molecule has 0 unspecified atom stereocenters. The molecule has 4 rings (SSSR count). The number of rotatable bonds is 4. The molecule has 2 heterocycles. The summed E-state index contributed by atoms with van der Waals surface area (Å²) in [6, 6.07) is 18.2. The van der Waals surface area contributed by atoms with Gasteiger partial charge in [-0.2, -0.15) is 0 Å².